The first-order valence-corrected chi connectivity index (χ1v) is 11.1. The molecule has 30 heavy (non-hydrogen) atoms. The molecule has 0 radical (unpaired) electrons. The molecule has 0 spiro atoms. The van der Waals surface area contributed by atoms with Crippen LogP contribution in [0.2, 0.25) is 0 Å². The minimum absolute atomic E-state index is 0.0161. The summed E-state index contributed by atoms with van der Waals surface area (Å²) in [6.45, 7) is 4.36. The molecular formula is C22H27N3O4S. The molecule has 0 aliphatic carbocycles. The zero-order chi connectivity index (χ0) is 20.9. The molecule has 1 saturated heterocycles. The van der Waals surface area contributed by atoms with Crippen molar-refractivity contribution in [1.29, 1.82) is 0 Å². The lowest BCUT2D eigenvalue weighted by molar-refractivity contribution is -0.113. The summed E-state index contributed by atoms with van der Waals surface area (Å²) < 4.78 is 11.3. The number of benzene rings is 2. The SMILES string of the molecule is COc1ccccc1N1CCN(CC(O)COc2ccc3c(c2)SCC(=O)N3)CC1. The summed E-state index contributed by atoms with van der Waals surface area (Å²) in [5.41, 5.74) is 1.93. The molecule has 0 saturated carbocycles. The predicted molar refractivity (Wildman–Crippen MR) is 119 cm³/mol. The smallest absolute Gasteiger partial charge is 0.234 e. The summed E-state index contributed by atoms with van der Waals surface area (Å²) in [7, 11) is 1.70. The Balaban J connectivity index is 1.24. The van der Waals surface area contributed by atoms with Crippen LogP contribution in [0, 0.1) is 0 Å². The van der Waals surface area contributed by atoms with E-state index in [9.17, 15) is 9.90 Å². The normalized spacial score (nSPS) is 17.8. The highest BCUT2D eigenvalue weighted by atomic mass is 32.2. The van der Waals surface area contributed by atoms with E-state index in [4.69, 9.17) is 9.47 Å². The Hall–Kier alpha value is -2.42. The zero-order valence-corrected chi connectivity index (χ0v) is 17.9. The Labute approximate surface area is 181 Å². The molecule has 0 bridgehead atoms. The summed E-state index contributed by atoms with van der Waals surface area (Å²) in [5, 5.41) is 13.3. The van der Waals surface area contributed by atoms with E-state index in [0.717, 1.165) is 48.2 Å². The monoisotopic (exact) mass is 429 g/mol. The molecule has 7 nitrogen and oxygen atoms in total. The Morgan fingerprint density at radius 3 is 2.77 bits per heavy atom. The van der Waals surface area contributed by atoms with Crippen molar-refractivity contribution in [1.82, 2.24) is 4.90 Å². The quantitative estimate of drug-likeness (QED) is 0.700. The fourth-order valence-corrected chi connectivity index (χ4v) is 4.58. The summed E-state index contributed by atoms with van der Waals surface area (Å²) >= 11 is 1.50. The minimum atomic E-state index is -0.564. The molecule has 1 fully saturated rings. The van der Waals surface area contributed by atoms with E-state index in [0.29, 0.717) is 18.0 Å². The van der Waals surface area contributed by atoms with E-state index in [2.05, 4.69) is 21.2 Å². The molecule has 1 amide bonds. The van der Waals surface area contributed by atoms with Gasteiger partial charge in [0.25, 0.3) is 0 Å². The molecule has 2 aromatic rings. The van der Waals surface area contributed by atoms with Crippen molar-refractivity contribution < 1.29 is 19.4 Å². The van der Waals surface area contributed by atoms with Gasteiger partial charge in [0.15, 0.2) is 0 Å². The number of hydrogen-bond donors (Lipinski definition) is 2. The maximum absolute atomic E-state index is 11.4. The van der Waals surface area contributed by atoms with Crippen LogP contribution in [0.1, 0.15) is 0 Å². The molecule has 1 atom stereocenters. The topological polar surface area (TPSA) is 74.3 Å². The first-order chi connectivity index (χ1) is 14.6. The van der Waals surface area contributed by atoms with Gasteiger partial charge < -0.3 is 24.8 Å². The number of methoxy groups -OCH3 is 1. The number of hydrogen-bond acceptors (Lipinski definition) is 7. The number of aliphatic hydroxyl groups is 1. The lowest BCUT2D eigenvalue weighted by atomic mass is 10.2. The highest BCUT2D eigenvalue weighted by Gasteiger charge is 2.22. The number of para-hydroxylation sites is 2. The van der Waals surface area contributed by atoms with Crippen molar-refractivity contribution in [2.24, 2.45) is 0 Å². The van der Waals surface area contributed by atoms with Gasteiger partial charge in [-0.3, -0.25) is 9.69 Å². The van der Waals surface area contributed by atoms with Crippen molar-refractivity contribution in [3.63, 3.8) is 0 Å². The standard InChI is InChI=1S/C22H27N3O4S/c1-28-20-5-3-2-4-19(20)25-10-8-24(9-11-25)13-16(26)14-29-17-6-7-18-21(12-17)30-15-22(27)23-18/h2-7,12,16,26H,8-11,13-15H2,1H3,(H,23,27). The highest BCUT2D eigenvalue weighted by Crippen LogP contribution is 2.34. The van der Waals surface area contributed by atoms with Crippen molar-refractivity contribution in [3.8, 4) is 11.5 Å². The summed E-state index contributed by atoms with van der Waals surface area (Å²) in [6, 6.07) is 13.7. The number of carbonyl (C=O) groups is 1. The second-order valence-electron chi connectivity index (χ2n) is 7.42. The van der Waals surface area contributed by atoms with Crippen LogP contribution in [0.5, 0.6) is 11.5 Å². The van der Waals surface area contributed by atoms with Crippen LogP contribution < -0.4 is 19.7 Å². The fraction of sp³-hybridized carbons (Fsp3) is 0.409. The van der Waals surface area contributed by atoms with Crippen molar-refractivity contribution in [3.05, 3.63) is 42.5 Å². The lowest BCUT2D eigenvalue weighted by Gasteiger charge is -2.37. The number of amides is 1. The Kier molecular flexibility index (Phi) is 6.66. The minimum Gasteiger partial charge on any atom is -0.495 e. The van der Waals surface area contributed by atoms with E-state index >= 15 is 0 Å². The number of piperazine rings is 1. The summed E-state index contributed by atoms with van der Waals surface area (Å²) in [6.07, 6.45) is -0.564. The van der Waals surface area contributed by atoms with Gasteiger partial charge in [-0.2, -0.15) is 0 Å². The number of nitrogens with one attached hydrogen (secondary N) is 1. The average Bonchev–Trinajstić information content (AvgIpc) is 2.78. The average molecular weight is 430 g/mol. The number of rotatable bonds is 7. The van der Waals surface area contributed by atoms with Gasteiger partial charge in [-0.25, -0.2) is 0 Å². The zero-order valence-electron chi connectivity index (χ0n) is 17.0. The van der Waals surface area contributed by atoms with Crippen LogP contribution in [0.25, 0.3) is 0 Å². The van der Waals surface area contributed by atoms with Gasteiger partial charge in [0.1, 0.15) is 24.2 Å². The first-order valence-electron chi connectivity index (χ1n) is 10.1. The van der Waals surface area contributed by atoms with Crippen molar-refractivity contribution in [2.45, 2.75) is 11.0 Å². The van der Waals surface area contributed by atoms with Gasteiger partial charge in [0.2, 0.25) is 5.91 Å². The van der Waals surface area contributed by atoms with E-state index in [1.165, 1.54) is 11.8 Å². The molecule has 2 aliphatic rings. The third kappa shape index (κ3) is 5.00. The number of aliphatic hydroxyl groups excluding tert-OH is 1. The molecule has 4 rings (SSSR count). The van der Waals surface area contributed by atoms with Crippen LogP contribution in [0.3, 0.4) is 0 Å². The molecule has 2 heterocycles. The molecule has 2 N–H and O–H groups in total. The Morgan fingerprint density at radius 1 is 1.17 bits per heavy atom. The van der Waals surface area contributed by atoms with E-state index in [1.54, 1.807) is 7.11 Å². The number of ether oxygens (including phenoxy) is 2. The maximum Gasteiger partial charge on any atom is 0.234 e. The molecular weight excluding hydrogens is 402 g/mol. The number of carbonyl (C=O) groups excluding carboxylic acids is 1. The molecule has 8 heteroatoms. The number of nitrogens with zero attached hydrogens (tertiary/aromatic N) is 2. The van der Waals surface area contributed by atoms with Crippen LogP contribution >= 0.6 is 11.8 Å². The second kappa shape index (κ2) is 9.59. The predicted octanol–water partition coefficient (Wildman–Crippen LogP) is 2.30. The number of β-amino-alcohol motifs (C(OH)–C–C–N with tert-alkyl or cyclic N) is 1. The van der Waals surface area contributed by atoms with Crippen LogP contribution in [0.15, 0.2) is 47.4 Å². The third-order valence-electron chi connectivity index (χ3n) is 5.30. The van der Waals surface area contributed by atoms with Gasteiger partial charge >= 0.3 is 0 Å². The van der Waals surface area contributed by atoms with Gasteiger partial charge in [0.05, 0.1) is 24.2 Å². The second-order valence-corrected chi connectivity index (χ2v) is 8.44. The number of fused-ring (bicyclic) bond motifs is 1. The molecule has 160 valence electrons. The molecule has 0 aromatic heterocycles. The van der Waals surface area contributed by atoms with E-state index in [1.807, 2.05) is 36.4 Å². The largest absolute Gasteiger partial charge is 0.495 e. The van der Waals surface area contributed by atoms with Gasteiger partial charge in [0, 0.05) is 37.6 Å². The number of thioether (sulfide) groups is 1. The number of anilines is 2. The van der Waals surface area contributed by atoms with Crippen LogP contribution in [-0.4, -0.2) is 74.2 Å². The van der Waals surface area contributed by atoms with Crippen molar-refractivity contribution in [2.75, 3.05) is 62.4 Å². The van der Waals surface area contributed by atoms with Crippen LogP contribution in [-0.2, 0) is 4.79 Å². The van der Waals surface area contributed by atoms with Gasteiger partial charge in [-0.15, -0.1) is 11.8 Å². The van der Waals surface area contributed by atoms with Crippen LogP contribution in [0.4, 0.5) is 11.4 Å². The first kappa shape index (κ1) is 20.8. The molecule has 2 aromatic carbocycles. The Bertz CT molecular complexity index is 886. The highest BCUT2D eigenvalue weighted by molar-refractivity contribution is 8.00. The van der Waals surface area contributed by atoms with Gasteiger partial charge in [-0.1, -0.05) is 12.1 Å². The fourth-order valence-electron chi connectivity index (χ4n) is 3.75. The van der Waals surface area contributed by atoms with E-state index in [-0.39, 0.29) is 12.5 Å². The van der Waals surface area contributed by atoms with E-state index < -0.39 is 6.10 Å². The van der Waals surface area contributed by atoms with Crippen molar-refractivity contribution >= 4 is 29.0 Å². The van der Waals surface area contributed by atoms with Gasteiger partial charge in [-0.05, 0) is 30.3 Å². The molecule has 2 aliphatic heterocycles. The lowest BCUT2D eigenvalue weighted by Crippen LogP contribution is -2.49. The molecule has 1 unspecified atom stereocenters. The Morgan fingerprint density at radius 2 is 1.97 bits per heavy atom. The summed E-state index contributed by atoms with van der Waals surface area (Å²) in [4.78, 5) is 17.0. The summed E-state index contributed by atoms with van der Waals surface area (Å²) in [5.74, 6) is 2.03. The maximum atomic E-state index is 11.4. The third-order valence-corrected chi connectivity index (χ3v) is 6.35.